The minimum atomic E-state index is -1.21. The minimum absolute atomic E-state index is 0.164. The molecule has 1 N–H and O–H groups in total. The lowest BCUT2D eigenvalue weighted by molar-refractivity contribution is -0.384. The summed E-state index contributed by atoms with van der Waals surface area (Å²) in [6.07, 6.45) is 4.31. The van der Waals surface area contributed by atoms with E-state index in [1.165, 1.54) is 6.20 Å². The normalized spacial score (nSPS) is 14.1. The van der Waals surface area contributed by atoms with Crippen LogP contribution < -0.4 is 4.90 Å². The maximum atomic E-state index is 11.2. The van der Waals surface area contributed by atoms with Crippen LogP contribution >= 0.6 is 0 Å². The number of aromatic carboxylic acids is 1. The van der Waals surface area contributed by atoms with Crippen LogP contribution in [-0.4, -0.2) is 34.1 Å². The first-order chi connectivity index (χ1) is 9.52. The fourth-order valence-electron chi connectivity index (χ4n) is 2.11. The van der Waals surface area contributed by atoms with Crippen LogP contribution in [0.1, 0.15) is 36.5 Å². The number of hydrogen-bond acceptors (Lipinski definition) is 5. The molecule has 0 amide bonds. The molecular formula is C13H17N3O4. The zero-order chi connectivity index (χ0) is 14.7. The number of nitrogens with zero attached hydrogens (tertiary/aromatic N) is 3. The molecule has 1 aromatic rings. The molecule has 7 heteroatoms. The Bertz CT molecular complexity index is 528. The van der Waals surface area contributed by atoms with Crippen LogP contribution in [0.5, 0.6) is 0 Å². The SMILES string of the molecule is CCCN(CC1CC1)c1ncc(C(=O)O)cc1[N+](=O)[O-]. The number of carboxylic acids is 1. The van der Waals surface area contributed by atoms with Crippen LogP contribution in [0, 0.1) is 16.0 Å². The van der Waals surface area contributed by atoms with Crippen molar-refractivity contribution < 1.29 is 14.8 Å². The van der Waals surface area contributed by atoms with E-state index in [1.54, 1.807) is 0 Å². The van der Waals surface area contributed by atoms with E-state index in [1.807, 2.05) is 11.8 Å². The number of anilines is 1. The van der Waals surface area contributed by atoms with Gasteiger partial charge in [0.25, 0.3) is 0 Å². The van der Waals surface area contributed by atoms with E-state index >= 15 is 0 Å². The second-order valence-corrected chi connectivity index (χ2v) is 5.02. The zero-order valence-electron chi connectivity index (χ0n) is 11.3. The third-order valence-electron chi connectivity index (χ3n) is 3.26. The maximum Gasteiger partial charge on any atom is 0.337 e. The van der Waals surface area contributed by atoms with E-state index in [2.05, 4.69) is 4.98 Å². The summed E-state index contributed by atoms with van der Waals surface area (Å²) in [6, 6.07) is 1.08. The van der Waals surface area contributed by atoms with Crippen molar-refractivity contribution in [3.05, 3.63) is 27.9 Å². The Labute approximate surface area is 116 Å². The fourth-order valence-corrected chi connectivity index (χ4v) is 2.11. The zero-order valence-corrected chi connectivity index (χ0v) is 11.3. The van der Waals surface area contributed by atoms with Crippen LogP contribution in [0.3, 0.4) is 0 Å². The summed E-state index contributed by atoms with van der Waals surface area (Å²) >= 11 is 0. The van der Waals surface area contributed by atoms with Crippen LogP contribution in [-0.2, 0) is 0 Å². The summed E-state index contributed by atoms with van der Waals surface area (Å²) in [5, 5.41) is 20.1. The smallest absolute Gasteiger partial charge is 0.337 e. The summed E-state index contributed by atoms with van der Waals surface area (Å²) < 4.78 is 0. The van der Waals surface area contributed by atoms with Crippen molar-refractivity contribution in [2.75, 3.05) is 18.0 Å². The molecule has 1 aliphatic carbocycles. The van der Waals surface area contributed by atoms with Crippen molar-refractivity contribution in [1.82, 2.24) is 4.98 Å². The van der Waals surface area contributed by atoms with Gasteiger partial charge in [0.1, 0.15) is 0 Å². The van der Waals surface area contributed by atoms with Gasteiger partial charge in [-0.3, -0.25) is 10.1 Å². The summed E-state index contributed by atoms with van der Waals surface area (Å²) in [5.41, 5.74) is -0.401. The van der Waals surface area contributed by atoms with Gasteiger partial charge in [0.05, 0.1) is 10.5 Å². The molecular weight excluding hydrogens is 262 g/mol. The highest BCUT2D eigenvalue weighted by molar-refractivity contribution is 5.88. The van der Waals surface area contributed by atoms with Crippen LogP contribution in [0.15, 0.2) is 12.3 Å². The number of nitro groups is 1. The highest BCUT2D eigenvalue weighted by atomic mass is 16.6. The Hall–Kier alpha value is -2.18. The number of hydrogen-bond donors (Lipinski definition) is 1. The number of rotatable bonds is 7. The van der Waals surface area contributed by atoms with Gasteiger partial charge in [-0.15, -0.1) is 0 Å². The lowest BCUT2D eigenvalue weighted by Gasteiger charge is -2.22. The van der Waals surface area contributed by atoms with Gasteiger partial charge in [-0.05, 0) is 25.2 Å². The molecule has 0 aromatic carbocycles. The van der Waals surface area contributed by atoms with Crippen molar-refractivity contribution >= 4 is 17.5 Å². The Morgan fingerprint density at radius 1 is 1.60 bits per heavy atom. The summed E-state index contributed by atoms with van der Waals surface area (Å²) in [5.74, 6) is -0.368. The first-order valence-electron chi connectivity index (χ1n) is 6.65. The average molecular weight is 279 g/mol. The van der Waals surface area contributed by atoms with Crippen molar-refractivity contribution in [3.8, 4) is 0 Å². The van der Waals surface area contributed by atoms with E-state index in [9.17, 15) is 14.9 Å². The van der Waals surface area contributed by atoms with E-state index in [4.69, 9.17) is 5.11 Å². The summed E-state index contributed by atoms with van der Waals surface area (Å²) in [6.45, 7) is 3.42. The van der Waals surface area contributed by atoms with Gasteiger partial charge in [0.2, 0.25) is 5.82 Å². The standard InChI is InChI=1S/C13H17N3O4/c1-2-5-15(8-9-3-4-9)12-11(16(19)20)6-10(7-14-12)13(17)18/h6-7,9H,2-5,8H2,1H3,(H,17,18). The highest BCUT2D eigenvalue weighted by Crippen LogP contribution is 2.34. The number of pyridine rings is 1. The minimum Gasteiger partial charge on any atom is -0.478 e. The number of aromatic nitrogens is 1. The summed E-state index contributed by atoms with van der Waals surface area (Å²) in [7, 11) is 0. The van der Waals surface area contributed by atoms with Gasteiger partial charge in [-0.1, -0.05) is 6.92 Å². The third kappa shape index (κ3) is 3.23. The molecule has 1 heterocycles. The predicted molar refractivity (Wildman–Crippen MR) is 73.1 cm³/mol. The van der Waals surface area contributed by atoms with Crippen LogP contribution in [0.2, 0.25) is 0 Å². The molecule has 2 rings (SSSR count). The van der Waals surface area contributed by atoms with Crippen molar-refractivity contribution in [3.63, 3.8) is 0 Å². The van der Waals surface area contributed by atoms with Crippen LogP contribution in [0.4, 0.5) is 11.5 Å². The van der Waals surface area contributed by atoms with Gasteiger partial charge in [-0.2, -0.15) is 0 Å². The summed E-state index contributed by atoms with van der Waals surface area (Å²) in [4.78, 5) is 27.4. The average Bonchev–Trinajstić information content (AvgIpc) is 3.21. The molecule has 0 atom stereocenters. The number of carbonyl (C=O) groups is 1. The van der Waals surface area contributed by atoms with Crippen molar-refractivity contribution in [2.45, 2.75) is 26.2 Å². The maximum absolute atomic E-state index is 11.2. The predicted octanol–water partition coefficient (Wildman–Crippen LogP) is 2.31. The van der Waals surface area contributed by atoms with Gasteiger partial charge in [0.15, 0.2) is 0 Å². The van der Waals surface area contributed by atoms with Gasteiger partial charge in [-0.25, -0.2) is 9.78 Å². The molecule has 0 aliphatic heterocycles. The third-order valence-corrected chi connectivity index (χ3v) is 3.26. The molecule has 20 heavy (non-hydrogen) atoms. The first kappa shape index (κ1) is 14.2. The lowest BCUT2D eigenvalue weighted by atomic mass is 10.2. The van der Waals surface area contributed by atoms with E-state index in [0.717, 1.165) is 31.9 Å². The fraction of sp³-hybridized carbons (Fsp3) is 0.538. The molecule has 0 spiro atoms. The molecule has 1 saturated carbocycles. The lowest BCUT2D eigenvalue weighted by Crippen LogP contribution is -2.28. The highest BCUT2D eigenvalue weighted by Gasteiger charge is 2.29. The molecule has 7 nitrogen and oxygen atoms in total. The largest absolute Gasteiger partial charge is 0.478 e. The number of carboxylic acid groups (broad SMARTS) is 1. The molecule has 1 aliphatic rings. The Morgan fingerprint density at radius 2 is 2.30 bits per heavy atom. The molecule has 0 radical (unpaired) electrons. The second-order valence-electron chi connectivity index (χ2n) is 5.02. The Balaban J connectivity index is 2.35. The molecule has 108 valence electrons. The van der Waals surface area contributed by atoms with E-state index in [0.29, 0.717) is 12.5 Å². The molecule has 0 saturated heterocycles. The quantitative estimate of drug-likeness (QED) is 0.607. The molecule has 1 fully saturated rings. The Kier molecular flexibility index (Phi) is 4.16. The van der Waals surface area contributed by atoms with Crippen molar-refractivity contribution in [2.24, 2.45) is 5.92 Å². The molecule has 0 bridgehead atoms. The van der Waals surface area contributed by atoms with E-state index < -0.39 is 10.9 Å². The van der Waals surface area contributed by atoms with Gasteiger partial charge < -0.3 is 10.0 Å². The molecule has 1 aromatic heterocycles. The topological polar surface area (TPSA) is 96.6 Å². The van der Waals surface area contributed by atoms with Crippen molar-refractivity contribution in [1.29, 1.82) is 0 Å². The first-order valence-corrected chi connectivity index (χ1v) is 6.65. The Morgan fingerprint density at radius 3 is 2.80 bits per heavy atom. The van der Waals surface area contributed by atoms with E-state index in [-0.39, 0.29) is 17.1 Å². The van der Waals surface area contributed by atoms with Crippen LogP contribution in [0.25, 0.3) is 0 Å². The van der Waals surface area contributed by atoms with Gasteiger partial charge >= 0.3 is 11.7 Å². The molecule has 0 unspecified atom stereocenters. The second kappa shape index (κ2) is 5.85. The monoisotopic (exact) mass is 279 g/mol. The van der Waals surface area contributed by atoms with Gasteiger partial charge in [0, 0.05) is 25.4 Å².